The maximum Gasteiger partial charge on any atom is -0.0287 e. The highest BCUT2D eigenvalue weighted by atomic mass is 31.1. The van der Waals surface area contributed by atoms with Gasteiger partial charge < -0.3 is 0 Å². The van der Waals surface area contributed by atoms with E-state index in [1.807, 2.05) is 0 Å². The lowest BCUT2D eigenvalue weighted by Crippen LogP contribution is -1.83. The molecule has 1 heteroatoms. The third-order valence-corrected chi connectivity index (χ3v) is 4.20. The molecule has 0 aromatic carbocycles. The van der Waals surface area contributed by atoms with Crippen LogP contribution in [-0.4, -0.2) is 12.3 Å². The molecular weight excluding hydrogens is 199 g/mol. The molecule has 0 fully saturated rings. The highest BCUT2D eigenvalue weighted by Gasteiger charge is 1.92. The Kier molecular flexibility index (Phi) is 14.8. The van der Waals surface area contributed by atoms with Crippen LogP contribution >= 0.6 is 8.58 Å². The molecule has 0 atom stereocenters. The number of rotatable bonds is 12. The average molecular weight is 229 g/mol. The van der Waals surface area contributed by atoms with Crippen molar-refractivity contribution in [1.82, 2.24) is 0 Å². The van der Waals surface area contributed by atoms with Crippen molar-refractivity contribution in [2.24, 2.45) is 0 Å². The molecule has 0 aliphatic rings. The fourth-order valence-electron chi connectivity index (χ4n) is 1.80. The maximum atomic E-state index is 2.29. The lowest BCUT2D eigenvalue weighted by Gasteiger charge is -2.01. The molecule has 91 valence electrons. The van der Waals surface area contributed by atoms with E-state index in [-0.39, 0.29) is 0 Å². The second-order valence-corrected chi connectivity index (χ2v) is 5.84. The second-order valence-electron chi connectivity index (χ2n) is 4.50. The molecule has 0 saturated heterocycles. The molecule has 0 nitrogen and oxygen atoms in total. The summed E-state index contributed by atoms with van der Waals surface area (Å²) < 4.78 is 0. The quantitative estimate of drug-likeness (QED) is 0.290. The van der Waals surface area contributed by atoms with Gasteiger partial charge in [0.2, 0.25) is 0 Å². The largest absolute Gasteiger partial charge is 0.0810 e. The molecular formula is C14H30P. The highest BCUT2D eigenvalue weighted by molar-refractivity contribution is 7.37. The summed E-state index contributed by atoms with van der Waals surface area (Å²) in [5, 5.41) is 0. The van der Waals surface area contributed by atoms with Crippen LogP contribution in [-0.2, 0) is 0 Å². The summed E-state index contributed by atoms with van der Waals surface area (Å²) in [5.74, 6) is 0. The van der Waals surface area contributed by atoms with Crippen LogP contribution in [0, 0.1) is 0 Å². The predicted octanol–water partition coefficient (Wildman–Crippen LogP) is 5.87. The number of unbranched alkanes of at least 4 members (excludes halogenated alkanes) is 8. The first kappa shape index (κ1) is 15.4. The monoisotopic (exact) mass is 229 g/mol. The summed E-state index contributed by atoms with van der Waals surface area (Å²) in [7, 11) is 1.69. The summed E-state index contributed by atoms with van der Waals surface area (Å²) in [5.41, 5.74) is 0. The van der Waals surface area contributed by atoms with Crippen LogP contribution in [0.25, 0.3) is 0 Å². The standard InChI is InChI=1S/C14H30P/c1-3-5-6-7-8-9-10-11-12-14-15-13-4-2/h3-14H2,1-2H3. The Labute approximate surface area is 99.4 Å². The van der Waals surface area contributed by atoms with Gasteiger partial charge in [0, 0.05) is 0 Å². The van der Waals surface area contributed by atoms with Gasteiger partial charge >= 0.3 is 0 Å². The van der Waals surface area contributed by atoms with Crippen molar-refractivity contribution in [3.8, 4) is 0 Å². The van der Waals surface area contributed by atoms with E-state index in [2.05, 4.69) is 13.8 Å². The van der Waals surface area contributed by atoms with Crippen molar-refractivity contribution in [2.45, 2.75) is 78.1 Å². The minimum Gasteiger partial charge on any atom is -0.0810 e. The molecule has 0 aliphatic heterocycles. The molecule has 0 saturated carbocycles. The van der Waals surface area contributed by atoms with Crippen molar-refractivity contribution >= 4 is 8.58 Å². The van der Waals surface area contributed by atoms with Crippen molar-refractivity contribution in [3.63, 3.8) is 0 Å². The SMILES string of the molecule is CCCCCCCCCCC[P]CCC. The predicted molar refractivity (Wildman–Crippen MR) is 74.2 cm³/mol. The minimum absolute atomic E-state index is 1.36. The van der Waals surface area contributed by atoms with Gasteiger partial charge in [-0.1, -0.05) is 80.2 Å². The van der Waals surface area contributed by atoms with Crippen LogP contribution in [0.4, 0.5) is 0 Å². The number of hydrogen-bond acceptors (Lipinski definition) is 0. The Morgan fingerprint density at radius 3 is 1.60 bits per heavy atom. The summed E-state index contributed by atoms with van der Waals surface area (Å²) in [6, 6.07) is 0. The molecule has 1 radical (unpaired) electrons. The smallest absolute Gasteiger partial charge is 0.0287 e. The summed E-state index contributed by atoms with van der Waals surface area (Å²) in [4.78, 5) is 0. The summed E-state index contributed by atoms with van der Waals surface area (Å²) >= 11 is 0. The van der Waals surface area contributed by atoms with E-state index >= 15 is 0 Å². The van der Waals surface area contributed by atoms with Crippen LogP contribution in [0.2, 0.25) is 0 Å². The first-order chi connectivity index (χ1) is 7.41. The molecule has 0 aromatic rings. The van der Waals surface area contributed by atoms with Gasteiger partial charge in [0.25, 0.3) is 0 Å². The Bertz CT molecular complexity index is 89.5. The van der Waals surface area contributed by atoms with Crippen LogP contribution in [0.15, 0.2) is 0 Å². The van der Waals surface area contributed by atoms with Crippen LogP contribution in [0.5, 0.6) is 0 Å². The van der Waals surface area contributed by atoms with E-state index in [0.29, 0.717) is 0 Å². The van der Waals surface area contributed by atoms with Gasteiger partial charge in [0.05, 0.1) is 0 Å². The number of hydrogen-bond donors (Lipinski definition) is 0. The lowest BCUT2D eigenvalue weighted by atomic mass is 10.1. The summed E-state index contributed by atoms with van der Waals surface area (Å²) in [6.45, 7) is 4.57. The minimum atomic E-state index is 1.36. The third kappa shape index (κ3) is 14.4. The van der Waals surface area contributed by atoms with Gasteiger partial charge in [-0.2, -0.15) is 0 Å². The van der Waals surface area contributed by atoms with Crippen molar-refractivity contribution < 1.29 is 0 Å². The molecule has 0 heterocycles. The molecule has 0 rings (SSSR count). The van der Waals surface area contributed by atoms with Gasteiger partial charge in [-0.25, -0.2) is 0 Å². The third-order valence-electron chi connectivity index (χ3n) is 2.80. The van der Waals surface area contributed by atoms with E-state index in [1.54, 1.807) is 8.58 Å². The van der Waals surface area contributed by atoms with Gasteiger partial charge in [0.1, 0.15) is 0 Å². The Hall–Kier alpha value is 0.430. The van der Waals surface area contributed by atoms with Gasteiger partial charge in [0.15, 0.2) is 0 Å². The van der Waals surface area contributed by atoms with E-state index in [1.165, 1.54) is 76.5 Å². The Balaban J connectivity index is 2.81. The topological polar surface area (TPSA) is 0 Å². The molecule has 0 bridgehead atoms. The zero-order valence-corrected chi connectivity index (χ0v) is 11.8. The van der Waals surface area contributed by atoms with E-state index in [9.17, 15) is 0 Å². The molecule has 0 aromatic heterocycles. The normalized spacial score (nSPS) is 11.6. The molecule has 0 aliphatic carbocycles. The molecule has 0 spiro atoms. The summed E-state index contributed by atoms with van der Waals surface area (Å²) in [6.07, 6.45) is 17.4. The Morgan fingerprint density at radius 2 is 1.07 bits per heavy atom. The van der Waals surface area contributed by atoms with Crippen molar-refractivity contribution in [1.29, 1.82) is 0 Å². The zero-order valence-electron chi connectivity index (χ0n) is 10.9. The fraction of sp³-hybridized carbons (Fsp3) is 1.00. The van der Waals surface area contributed by atoms with E-state index < -0.39 is 0 Å². The highest BCUT2D eigenvalue weighted by Crippen LogP contribution is 2.15. The fourth-order valence-corrected chi connectivity index (χ4v) is 2.79. The molecule has 0 N–H and O–H groups in total. The second kappa shape index (κ2) is 14.4. The van der Waals surface area contributed by atoms with E-state index in [4.69, 9.17) is 0 Å². The van der Waals surface area contributed by atoms with Gasteiger partial charge in [-0.15, -0.1) is 0 Å². The van der Waals surface area contributed by atoms with Gasteiger partial charge in [-0.3, -0.25) is 0 Å². The maximum absolute atomic E-state index is 2.29. The first-order valence-electron chi connectivity index (χ1n) is 7.05. The molecule has 0 unspecified atom stereocenters. The average Bonchev–Trinajstić information content (AvgIpc) is 2.26. The van der Waals surface area contributed by atoms with Crippen molar-refractivity contribution in [2.75, 3.05) is 12.3 Å². The van der Waals surface area contributed by atoms with Crippen LogP contribution in [0.3, 0.4) is 0 Å². The zero-order chi connectivity index (χ0) is 11.2. The van der Waals surface area contributed by atoms with Crippen LogP contribution < -0.4 is 0 Å². The lowest BCUT2D eigenvalue weighted by molar-refractivity contribution is 0.573. The Morgan fingerprint density at radius 1 is 0.533 bits per heavy atom. The molecule has 15 heavy (non-hydrogen) atoms. The van der Waals surface area contributed by atoms with E-state index in [0.717, 1.165) is 0 Å². The van der Waals surface area contributed by atoms with Gasteiger partial charge in [-0.05, 0) is 18.7 Å². The first-order valence-corrected chi connectivity index (χ1v) is 8.31. The van der Waals surface area contributed by atoms with Crippen molar-refractivity contribution in [3.05, 3.63) is 0 Å². The molecule has 0 amide bonds. The van der Waals surface area contributed by atoms with Crippen LogP contribution in [0.1, 0.15) is 78.1 Å².